The second-order valence-electron chi connectivity index (χ2n) is 4.55. The Balaban J connectivity index is 0.00000324. The molecule has 0 bridgehead atoms. The fraction of sp³-hybridized carbons (Fsp3) is 0.800. The van der Waals surface area contributed by atoms with Gasteiger partial charge >= 0.3 is 5.97 Å². The summed E-state index contributed by atoms with van der Waals surface area (Å²) in [5.74, 6) is -0.968. The first-order chi connectivity index (χ1) is 8.36. The number of nitrogens with one attached hydrogen (secondary N) is 1. The molecule has 1 rings (SSSR count). The van der Waals surface area contributed by atoms with Gasteiger partial charge in [-0.25, -0.2) is 0 Å². The van der Waals surface area contributed by atoms with Gasteiger partial charge in [-0.2, -0.15) is 19.1 Å². The molecular weight excluding hydrogens is 349 g/mol. The zero-order valence-electron chi connectivity index (χ0n) is 10.7. The molecule has 9 heteroatoms. The maximum absolute atomic E-state index is 11.4. The molecule has 0 saturated heterocycles. The Bertz CT molecular complexity index is 406. The second kappa shape index (κ2) is 8.29. The molecule has 1 radical (unpaired) electrons. The number of carboxylic acid groups (broad SMARTS) is 1. The maximum atomic E-state index is 11.4. The van der Waals surface area contributed by atoms with E-state index in [-0.39, 0.29) is 51.1 Å². The molecular formula is C10H17N2O5SY-. The second-order valence-corrected chi connectivity index (χ2v) is 6.32. The number of amides is 1. The first-order valence-electron chi connectivity index (χ1n) is 5.70. The number of aliphatic carboxylic acids is 1. The topological polar surface area (TPSA) is 104 Å². The summed E-state index contributed by atoms with van der Waals surface area (Å²) < 4.78 is 25.6. The van der Waals surface area contributed by atoms with Gasteiger partial charge in [-0.05, 0) is 31.6 Å². The van der Waals surface area contributed by atoms with Gasteiger partial charge in [0.05, 0.1) is 5.92 Å². The minimum atomic E-state index is -3.80. The van der Waals surface area contributed by atoms with E-state index in [9.17, 15) is 18.0 Å². The van der Waals surface area contributed by atoms with E-state index in [0.717, 1.165) is 10.7 Å². The van der Waals surface area contributed by atoms with Gasteiger partial charge in [-0.1, -0.05) is 0 Å². The van der Waals surface area contributed by atoms with Gasteiger partial charge in [0.15, 0.2) is 0 Å². The standard InChI is InChI=1S/C10H17N2O5S.Y/c1-12(18(16,17)11-7-13)6-8-2-4-9(5-3-8)10(14)15;/h8-9H,2-6H2,1H3,(H,11,13)(H,14,15);/q-1;. The number of nitrogens with zero attached hydrogens (tertiary/aromatic N) is 1. The smallest absolute Gasteiger partial charge is 0.306 e. The van der Waals surface area contributed by atoms with Crippen LogP contribution in [0.25, 0.3) is 0 Å². The molecule has 0 aliphatic heterocycles. The number of carbonyl (C=O) groups excluding carboxylic acids is 1. The minimum absolute atomic E-state index is 0. The Kier molecular flexibility index (Phi) is 8.27. The summed E-state index contributed by atoms with van der Waals surface area (Å²) in [6.07, 6.45) is 3.65. The zero-order chi connectivity index (χ0) is 13.8. The van der Waals surface area contributed by atoms with Crippen molar-refractivity contribution in [1.82, 2.24) is 9.03 Å². The number of hydrogen-bond donors (Lipinski definition) is 2. The molecule has 1 amide bonds. The average molecular weight is 366 g/mol. The van der Waals surface area contributed by atoms with Crippen molar-refractivity contribution >= 4 is 22.6 Å². The van der Waals surface area contributed by atoms with Crippen molar-refractivity contribution < 1.29 is 55.8 Å². The Morgan fingerprint density at radius 3 is 2.32 bits per heavy atom. The molecule has 1 aliphatic rings. The maximum Gasteiger partial charge on any atom is 0.306 e. The predicted octanol–water partition coefficient (Wildman–Crippen LogP) is -0.292. The van der Waals surface area contributed by atoms with Gasteiger partial charge in [-0.15, -0.1) is 0 Å². The summed E-state index contributed by atoms with van der Waals surface area (Å²) in [6.45, 7) is 0.281. The number of carbonyl (C=O) groups is 1. The number of rotatable bonds is 6. The van der Waals surface area contributed by atoms with Crippen LogP contribution in [0.2, 0.25) is 0 Å². The van der Waals surface area contributed by atoms with Crippen LogP contribution < -0.4 is 4.72 Å². The van der Waals surface area contributed by atoms with Crippen molar-refractivity contribution in [2.45, 2.75) is 25.7 Å². The first-order valence-corrected chi connectivity index (χ1v) is 7.14. The first kappa shape index (κ1) is 19.0. The fourth-order valence-corrected chi connectivity index (χ4v) is 2.85. The Hall–Kier alpha value is -0.0461. The molecule has 7 nitrogen and oxygen atoms in total. The van der Waals surface area contributed by atoms with Crippen molar-refractivity contribution in [1.29, 1.82) is 0 Å². The predicted molar refractivity (Wildman–Crippen MR) is 63.5 cm³/mol. The van der Waals surface area contributed by atoms with Crippen molar-refractivity contribution in [3.05, 3.63) is 0 Å². The van der Waals surface area contributed by atoms with E-state index < -0.39 is 16.2 Å². The molecule has 0 heterocycles. The molecule has 0 aromatic heterocycles. The quantitative estimate of drug-likeness (QED) is 0.497. The summed E-state index contributed by atoms with van der Waals surface area (Å²) in [4.78, 5) is 20.8. The van der Waals surface area contributed by atoms with Crippen LogP contribution in [0.15, 0.2) is 0 Å². The van der Waals surface area contributed by atoms with Crippen molar-refractivity contribution in [2.75, 3.05) is 13.6 Å². The van der Waals surface area contributed by atoms with Gasteiger partial charge in [0, 0.05) is 46.3 Å². The van der Waals surface area contributed by atoms with E-state index >= 15 is 0 Å². The summed E-state index contributed by atoms with van der Waals surface area (Å²) in [5, 5.41) is 8.85. The molecule has 0 unspecified atom stereocenters. The van der Waals surface area contributed by atoms with Gasteiger partial charge in [0.2, 0.25) is 0 Å². The van der Waals surface area contributed by atoms with E-state index in [1.807, 2.05) is 0 Å². The summed E-state index contributed by atoms with van der Waals surface area (Å²) in [7, 11) is -2.42. The van der Waals surface area contributed by atoms with Crippen LogP contribution in [0.1, 0.15) is 25.7 Å². The van der Waals surface area contributed by atoms with E-state index in [4.69, 9.17) is 5.11 Å². The molecule has 1 aliphatic carbocycles. The summed E-state index contributed by atoms with van der Waals surface area (Å²) in [6, 6.07) is 0. The Morgan fingerprint density at radius 1 is 1.37 bits per heavy atom. The van der Waals surface area contributed by atoms with Gasteiger partial charge in [0.25, 0.3) is 10.2 Å². The molecule has 2 N–H and O–H groups in total. The van der Waals surface area contributed by atoms with E-state index in [0.29, 0.717) is 25.7 Å². The van der Waals surface area contributed by atoms with Crippen LogP contribution in [0.5, 0.6) is 0 Å². The number of hydrogen-bond acceptors (Lipinski definition) is 4. The Morgan fingerprint density at radius 2 is 1.89 bits per heavy atom. The minimum Gasteiger partial charge on any atom is -0.519 e. The SMILES string of the molecule is CN(CC1CCC(C(=O)O)CC1)S(=O)(=O)N[C-]=O.[Y]. The van der Waals surface area contributed by atoms with Crippen molar-refractivity contribution in [3.63, 3.8) is 0 Å². The molecule has 0 atom stereocenters. The third-order valence-electron chi connectivity index (χ3n) is 3.29. The third kappa shape index (κ3) is 5.85. The van der Waals surface area contributed by atoms with E-state index in [2.05, 4.69) is 0 Å². The average Bonchev–Trinajstić information content (AvgIpc) is 2.29. The van der Waals surface area contributed by atoms with E-state index in [1.165, 1.54) is 7.05 Å². The summed E-state index contributed by atoms with van der Waals surface area (Å²) in [5.41, 5.74) is 0. The van der Waals surface area contributed by atoms with Crippen LogP contribution in [0, 0.1) is 11.8 Å². The molecule has 0 aromatic rings. The number of carboxylic acids is 1. The van der Waals surface area contributed by atoms with Crippen LogP contribution >= 0.6 is 0 Å². The monoisotopic (exact) mass is 366 g/mol. The Labute approximate surface area is 138 Å². The molecule has 0 spiro atoms. The normalized spacial score (nSPS) is 23.5. The molecule has 19 heavy (non-hydrogen) atoms. The van der Waals surface area contributed by atoms with Crippen molar-refractivity contribution in [3.8, 4) is 0 Å². The third-order valence-corrected chi connectivity index (χ3v) is 4.60. The molecule has 0 aromatic carbocycles. The largest absolute Gasteiger partial charge is 0.519 e. The molecule has 1 fully saturated rings. The molecule has 107 valence electrons. The van der Waals surface area contributed by atoms with Crippen LogP contribution in [0.4, 0.5) is 0 Å². The molecule has 1 saturated carbocycles. The van der Waals surface area contributed by atoms with E-state index in [1.54, 1.807) is 4.72 Å². The summed E-state index contributed by atoms with van der Waals surface area (Å²) >= 11 is 0. The van der Waals surface area contributed by atoms with Crippen LogP contribution in [0.3, 0.4) is 0 Å². The van der Waals surface area contributed by atoms with Gasteiger partial charge in [0.1, 0.15) is 0 Å². The van der Waals surface area contributed by atoms with Gasteiger partial charge in [-0.3, -0.25) is 4.79 Å². The van der Waals surface area contributed by atoms with Crippen molar-refractivity contribution in [2.24, 2.45) is 11.8 Å². The van der Waals surface area contributed by atoms with Crippen LogP contribution in [-0.2, 0) is 52.5 Å². The van der Waals surface area contributed by atoms with Gasteiger partial charge < -0.3 is 14.6 Å². The zero-order valence-corrected chi connectivity index (χ0v) is 14.4. The fourth-order valence-electron chi connectivity index (χ4n) is 2.18. The van der Waals surface area contributed by atoms with Crippen LogP contribution in [-0.4, -0.2) is 43.8 Å².